The van der Waals surface area contributed by atoms with Crippen LogP contribution < -0.4 is 10.1 Å². The second kappa shape index (κ2) is 8.97. The van der Waals surface area contributed by atoms with Crippen molar-refractivity contribution < 1.29 is 17.9 Å². The largest absolute Gasteiger partial charge is 0.494 e. The molecular formula is C22H28N2O4S. The van der Waals surface area contributed by atoms with Crippen LogP contribution in [0.3, 0.4) is 0 Å². The Balaban J connectivity index is 1.70. The van der Waals surface area contributed by atoms with Crippen LogP contribution in [0.2, 0.25) is 0 Å². The Morgan fingerprint density at radius 2 is 1.83 bits per heavy atom. The molecule has 0 radical (unpaired) electrons. The smallest absolute Gasteiger partial charge is 0.243 e. The van der Waals surface area contributed by atoms with Gasteiger partial charge in [-0.3, -0.25) is 4.79 Å². The van der Waals surface area contributed by atoms with Gasteiger partial charge in [-0.2, -0.15) is 4.31 Å². The van der Waals surface area contributed by atoms with Crippen molar-refractivity contribution in [3.63, 3.8) is 0 Å². The lowest BCUT2D eigenvalue weighted by atomic mass is 9.82. The van der Waals surface area contributed by atoms with Crippen molar-refractivity contribution in [2.24, 2.45) is 5.41 Å². The number of nitrogens with zero attached hydrogens (tertiary/aromatic N) is 1. The Bertz CT molecular complexity index is 929. The summed E-state index contributed by atoms with van der Waals surface area (Å²) < 4.78 is 33.0. The van der Waals surface area contributed by atoms with E-state index in [1.54, 1.807) is 24.3 Å². The molecule has 1 N–H and O–H groups in total. The lowest BCUT2D eigenvalue weighted by Crippen LogP contribution is -2.51. The minimum absolute atomic E-state index is 0.118. The predicted molar refractivity (Wildman–Crippen MR) is 112 cm³/mol. The van der Waals surface area contributed by atoms with Crippen LogP contribution in [0.1, 0.15) is 32.3 Å². The number of hydrogen-bond donors (Lipinski definition) is 1. The molecule has 1 amide bonds. The molecule has 1 atom stereocenters. The van der Waals surface area contributed by atoms with E-state index in [9.17, 15) is 13.2 Å². The summed E-state index contributed by atoms with van der Waals surface area (Å²) in [4.78, 5) is 13.1. The van der Waals surface area contributed by atoms with Gasteiger partial charge in [-0.15, -0.1) is 0 Å². The molecule has 1 aliphatic heterocycles. The molecule has 6 nitrogen and oxygen atoms in total. The monoisotopic (exact) mass is 416 g/mol. The van der Waals surface area contributed by atoms with E-state index in [4.69, 9.17) is 4.74 Å². The Morgan fingerprint density at radius 1 is 1.14 bits per heavy atom. The van der Waals surface area contributed by atoms with Crippen LogP contribution in [-0.4, -0.2) is 38.3 Å². The summed E-state index contributed by atoms with van der Waals surface area (Å²) in [7, 11) is -3.67. The van der Waals surface area contributed by atoms with E-state index < -0.39 is 15.4 Å². The van der Waals surface area contributed by atoms with Crippen molar-refractivity contribution in [1.29, 1.82) is 0 Å². The zero-order valence-corrected chi connectivity index (χ0v) is 17.7. The van der Waals surface area contributed by atoms with Crippen molar-refractivity contribution in [3.05, 3.63) is 60.2 Å². The topological polar surface area (TPSA) is 75.7 Å². The van der Waals surface area contributed by atoms with E-state index in [1.165, 1.54) is 4.31 Å². The second-order valence-electron chi connectivity index (χ2n) is 7.58. The van der Waals surface area contributed by atoms with Crippen LogP contribution in [0.4, 0.5) is 0 Å². The lowest BCUT2D eigenvalue weighted by molar-refractivity contribution is -0.132. The Labute approximate surface area is 172 Å². The highest BCUT2D eigenvalue weighted by Crippen LogP contribution is 2.33. The van der Waals surface area contributed by atoms with Gasteiger partial charge in [0, 0.05) is 19.6 Å². The number of hydrogen-bond acceptors (Lipinski definition) is 4. The summed E-state index contributed by atoms with van der Waals surface area (Å²) in [5.74, 6) is 0.517. The van der Waals surface area contributed by atoms with Gasteiger partial charge >= 0.3 is 0 Å². The molecular weight excluding hydrogens is 388 g/mol. The fraction of sp³-hybridized carbons (Fsp3) is 0.409. The van der Waals surface area contributed by atoms with E-state index in [1.807, 2.05) is 44.2 Å². The number of benzene rings is 2. The van der Waals surface area contributed by atoms with Gasteiger partial charge in [0.1, 0.15) is 5.75 Å². The maximum absolute atomic E-state index is 13.1. The molecule has 0 spiro atoms. The molecule has 1 saturated heterocycles. The summed E-state index contributed by atoms with van der Waals surface area (Å²) in [6.45, 7) is 5.26. The summed E-state index contributed by atoms with van der Waals surface area (Å²) in [5.41, 5.74) is 0.255. The van der Waals surface area contributed by atoms with Crippen molar-refractivity contribution in [2.75, 3.05) is 19.7 Å². The predicted octanol–water partition coefficient (Wildman–Crippen LogP) is 3.19. The first-order valence-corrected chi connectivity index (χ1v) is 11.3. The SMILES string of the molecule is CCOc1ccc(S(=O)(=O)N2CCCC(C)(C(=O)NCc3ccccc3)C2)cc1. The summed E-state index contributed by atoms with van der Waals surface area (Å²) in [6.07, 6.45) is 1.30. The maximum atomic E-state index is 13.1. The molecule has 0 aliphatic carbocycles. The molecule has 2 aromatic rings. The molecule has 0 bridgehead atoms. The Hall–Kier alpha value is -2.38. The van der Waals surface area contributed by atoms with Gasteiger partial charge in [0.25, 0.3) is 0 Å². The van der Waals surface area contributed by atoms with Gasteiger partial charge in [-0.1, -0.05) is 30.3 Å². The number of rotatable bonds is 7. The Kier molecular flexibility index (Phi) is 6.59. The number of amides is 1. The van der Waals surface area contributed by atoms with E-state index in [0.717, 1.165) is 5.56 Å². The minimum atomic E-state index is -3.67. The molecule has 156 valence electrons. The highest BCUT2D eigenvalue weighted by atomic mass is 32.2. The van der Waals surface area contributed by atoms with Crippen molar-refractivity contribution in [1.82, 2.24) is 9.62 Å². The number of piperidine rings is 1. The number of sulfonamides is 1. The number of carbonyl (C=O) groups is 1. The van der Waals surface area contributed by atoms with E-state index >= 15 is 0 Å². The minimum Gasteiger partial charge on any atom is -0.494 e. The molecule has 1 heterocycles. The molecule has 2 aromatic carbocycles. The molecule has 7 heteroatoms. The normalized spacial score (nSPS) is 20.2. The van der Waals surface area contributed by atoms with Crippen LogP contribution in [0.15, 0.2) is 59.5 Å². The lowest BCUT2D eigenvalue weighted by Gasteiger charge is -2.38. The maximum Gasteiger partial charge on any atom is 0.243 e. The zero-order chi connectivity index (χ0) is 20.9. The molecule has 0 aromatic heterocycles. The van der Waals surface area contributed by atoms with Crippen LogP contribution in [0.5, 0.6) is 5.75 Å². The average molecular weight is 417 g/mol. The second-order valence-corrected chi connectivity index (χ2v) is 9.51. The third-order valence-electron chi connectivity index (χ3n) is 5.28. The molecule has 1 aliphatic rings. The van der Waals surface area contributed by atoms with Crippen LogP contribution in [-0.2, 0) is 21.4 Å². The highest BCUT2D eigenvalue weighted by molar-refractivity contribution is 7.89. The van der Waals surface area contributed by atoms with Gasteiger partial charge in [0.15, 0.2) is 0 Å². The fourth-order valence-electron chi connectivity index (χ4n) is 3.60. The first-order chi connectivity index (χ1) is 13.8. The van der Waals surface area contributed by atoms with E-state index in [-0.39, 0.29) is 17.3 Å². The quantitative estimate of drug-likeness (QED) is 0.752. The van der Waals surface area contributed by atoms with Gasteiger partial charge in [0.2, 0.25) is 15.9 Å². The molecule has 1 unspecified atom stereocenters. The summed E-state index contributed by atoms with van der Waals surface area (Å²) in [6, 6.07) is 16.1. The summed E-state index contributed by atoms with van der Waals surface area (Å²) >= 11 is 0. The third kappa shape index (κ3) is 4.97. The zero-order valence-electron chi connectivity index (χ0n) is 16.9. The van der Waals surface area contributed by atoms with Crippen molar-refractivity contribution >= 4 is 15.9 Å². The van der Waals surface area contributed by atoms with Crippen molar-refractivity contribution in [3.8, 4) is 5.75 Å². The molecule has 3 rings (SSSR count). The first-order valence-electron chi connectivity index (χ1n) is 9.90. The molecule has 29 heavy (non-hydrogen) atoms. The fourth-order valence-corrected chi connectivity index (χ4v) is 5.20. The Morgan fingerprint density at radius 3 is 2.48 bits per heavy atom. The van der Waals surface area contributed by atoms with Crippen LogP contribution >= 0.6 is 0 Å². The van der Waals surface area contributed by atoms with Crippen LogP contribution in [0.25, 0.3) is 0 Å². The van der Waals surface area contributed by atoms with Gasteiger partial charge in [-0.25, -0.2) is 8.42 Å². The average Bonchev–Trinajstić information content (AvgIpc) is 2.73. The number of nitrogens with one attached hydrogen (secondary N) is 1. The third-order valence-corrected chi connectivity index (χ3v) is 7.14. The standard InChI is InChI=1S/C22H28N2O4S/c1-3-28-19-10-12-20(13-11-19)29(26,27)24-15-7-14-22(2,17-24)21(25)23-16-18-8-5-4-6-9-18/h4-6,8-13H,3,7,14-17H2,1-2H3,(H,23,25). The highest BCUT2D eigenvalue weighted by Gasteiger charge is 2.41. The van der Waals surface area contributed by atoms with Crippen molar-refractivity contribution in [2.45, 2.75) is 38.1 Å². The van der Waals surface area contributed by atoms with Gasteiger partial charge < -0.3 is 10.1 Å². The first kappa shape index (κ1) is 21.3. The number of ether oxygens (including phenoxy) is 1. The molecule has 0 saturated carbocycles. The van der Waals surface area contributed by atoms with Crippen LogP contribution in [0, 0.1) is 5.41 Å². The summed E-state index contributed by atoms with van der Waals surface area (Å²) in [5, 5.41) is 2.97. The molecule has 1 fully saturated rings. The van der Waals surface area contributed by atoms with E-state index in [0.29, 0.717) is 38.3 Å². The van der Waals surface area contributed by atoms with E-state index in [2.05, 4.69) is 5.32 Å². The van der Waals surface area contributed by atoms with Gasteiger partial charge in [-0.05, 0) is 56.5 Å². The van der Waals surface area contributed by atoms with Gasteiger partial charge in [0.05, 0.1) is 16.9 Å². The number of carbonyl (C=O) groups excluding carboxylic acids is 1.